The molecule has 56 valence electrons. The third kappa shape index (κ3) is 1.74. The second-order valence-corrected chi connectivity index (χ2v) is 2.23. The van der Waals surface area contributed by atoms with E-state index in [0.29, 0.717) is 0 Å². The van der Waals surface area contributed by atoms with Crippen LogP contribution in [0, 0.1) is 5.92 Å². The molecule has 0 spiro atoms. The Labute approximate surface area is 67.9 Å². The molecule has 0 heterocycles. The maximum Gasteiger partial charge on any atom is -0.0771 e. The zero-order chi connectivity index (χ0) is 8.10. The predicted octanol–water partition coefficient (Wildman–Crippen LogP) is 2.98. The summed E-state index contributed by atoms with van der Waals surface area (Å²) in [6, 6.07) is 10.1. The molecule has 0 aliphatic heterocycles. The summed E-state index contributed by atoms with van der Waals surface area (Å²) in [6.45, 7) is 7.40. The Bertz CT molecular complexity index is 225. The molecule has 11 heavy (non-hydrogen) atoms. The van der Waals surface area contributed by atoms with Gasteiger partial charge in [-0.1, -0.05) is 24.1 Å². The predicted molar refractivity (Wildman–Crippen MR) is 49.2 cm³/mol. The molecule has 0 heteroatoms. The highest BCUT2D eigenvalue weighted by atomic mass is 14.0. The van der Waals surface area contributed by atoms with Crippen molar-refractivity contribution in [3.05, 3.63) is 67.1 Å². The number of allylic oxidation sites excluding steroid dienone is 2. The van der Waals surface area contributed by atoms with E-state index in [4.69, 9.17) is 0 Å². The third-order valence-corrected chi connectivity index (χ3v) is 1.55. The van der Waals surface area contributed by atoms with Gasteiger partial charge in [0.15, 0.2) is 0 Å². The molecule has 0 atom stereocenters. The second kappa shape index (κ2) is 3.67. The van der Waals surface area contributed by atoms with E-state index in [1.807, 2.05) is 42.5 Å². The van der Waals surface area contributed by atoms with Gasteiger partial charge in [-0.2, -0.15) is 13.2 Å². The molecule has 1 aromatic carbocycles. The quantitative estimate of drug-likeness (QED) is 0.570. The van der Waals surface area contributed by atoms with Gasteiger partial charge in [-0.25, -0.2) is 0 Å². The molecule has 0 fully saturated rings. The standard InChI is InChI=1S/C11H11/c1-3-10(4-2)11-8-6-5-7-9-11/h3-9H,1-2H2/q-1. The highest BCUT2D eigenvalue weighted by Gasteiger charge is 1.91. The van der Waals surface area contributed by atoms with Crippen LogP contribution in [0.4, 0.5) is 0 Å². The van der Waals surface area contributed by atoms with Crippen LogP contribution in [-0.4, -0.2) is 0 Å². The van der Waals surface area contributed by atoms with Gasteiger partial charge in [0.1, 0.15) is 0 Å². The lowest BCUT2D eigenvalue weighted by Gasteiger charge is -2.13. The van der Waals surface area contributed by atoms with Crippen molar-refractivity contribution in [1.29, 1.82) is 0 Å². The molecule has 0 aromatic heterocycles. The molecule has 0 aliphatic rings. The molecule has 0 saturated heterocycles. The molecule has 0 bridgehead atoms. The number of benzene rings is 1. The molecule has 1 aromatic rings. The summed E-state index contributed by atoms with van der Waals surface area (Å²) < 4.78 is 0. The molecule has 0 unspecified atom stereocenters. The van der Waals surface area contributed by atoms with Gasteiger partial charge in [-0.05, 0) is 0 Å². The van der Waals surface area contributed by atoms with Crippen LogP contribution in [0.25, 0.3) is 0 Å². The molecule has 0 saturated carbocycles. The van der Waals surface area contributed by atoms with Crippen molar-refractivity contribution in [3.8, 4) is 0 Å². The third-order valence-electron chi connectivity index (χ3n) is 1.55. The molecule has 0 aliphatic carbocycles. The van der Waals surface area contributed by atoms with Gasteiger partial charge in [0, 0.05) is 0 Å². The van der Waals surface area contributed by atoms with Crippen LogP contribution >= 0.6 is 0 Å². The molecular weight excluding hydrogens is 132 g/mol. The lowest BCUT2D eigenvalue weighted by Crippen LogP contribution is -1.89. The fraction of sp³-hybridized carbons (Fsp3) is 0. The van der Waals surface area contributed by atoms with Gasteiger partial charge in [-0.3, -0.25) is 0 Å². The van der Waals surface area contributed by atoms with Crippen LogP contribution in [0.3, 0.4) is 0 Å². The van der Waals surface area contributed by atoms with E-state index in [-0.39, 0.29) is 0 Å². The lowest BCUT2D eigenvalue weighted by molar-refractivity contribution is 1.38. The van der Waals surface area contributed by atoms with Crippen molar-refractivity contribution in [2.45, 2.75) is 0 Å². The number of rotatable bonds is 3. The Hall–Kier alpha value is -1.43. The van der Waals surface area contributed by atoms with Gasteiger partial charge in [0.25, 0.3) is 0 Å². The normalized spacial score (nSPS) is 8.73. The first-order chi connectivity index (χ1) is 5.38. The summed E-state index contributed by atoms with van der Waals surface area (Å²) in [7, 11) is 0. The van der Waals surface area contributed by atoms with E-state index in [9.17, 15) is 0 Å². The van der Waals surface area contributed by atoms with E-state index >= 15 is 0 Å². The summed E-state index contributed by atoms with van der Waals surface area (Å²) in [5, 5.41) is 0. The largest absolute Gasteiger partial charge is 0.155 e. The highest BCUT2D eigenvalue weighted by molar-refractivity contribution is 5.42. The van der Waals surface area contributed by atoms with Crippen molar-refractivity contribution in [3.63, 3.8) is 0 Å². The molecular formula is C11H11-. The SMILES string of the molecule is C=C[C-](C=C)c1ccccc1. The van der Waals surface area contributed by atoms with Crippen molar-refractivity contribution in [1.82, 2.24) is 0 Å². The summed E-state index contributed by atoms with van der Waals surface area (Å²) in [6.07, 6.45) is 3.62. The molecule has 0 N–H and O–H groups in total. The van der Waals surface area contributed by atoms with E-state index in [1.54, 1.807) is 0 Å². The van der Waals surface area contributed by atoms with Crippen LogP contribution in [0.2, 0.25) is 0 Å². The summed E-state index contributed by atoms with van der Waals surface area (Å²) in [4.78, 5) is 0. The first-order valence-electron chi connectivity index (χ1n) is 3.55. The maximum absolute atomic E-state index is 3.70. The van der Waals surface area contributed by atoms with Gasteiger partial charge >= 0.3 is 0 Å². The molecule has 0 amide bonds. The van der Waals surface area contributed by atoms with Gasteiger partial charge in [0.2, 0.25) is 0 Å². The van der Waals surface area contributed by atoms with Crippen molar-refractivity contribution in [2.24, 2.45) is 0 Å². The Morgan fingerprint density at radius 1 is 1.00 bits per heavy atom. The van der Waals surface area contributed by atoms with Gasteiger partial charge in [-0.15, -0.1) is 29.8 Å². The van der Waals surface area contributed by atoms with Crippen LogP contribution in [0.1, 0.15) is 5.56 Å². The van der Waals surface area contributed by atoms with Crippen LogP contribution in [0.15, 0.2) is 55.6 Å². The van der Waals surface area contributed by atoms with E-state index < -0.39 is 0 Å². The summed E-state index contributed by atoms with van der Waals surface area (Å²) >= 11 is 0. The maximum atomic E-state index is 3.70. The van der Waals surface area contributed by atoms with E-state index in [0.717, 1.165) is 11.5 Å². The lowest BCUT2D eigenvalue weighted by atomic mass is 10.00. The topological polar surface area (TPSA) is 0 Å². The van der Waals surface area contributed by atoms with E-state index in [2.05, 4.69) is 13.2 Å². The Morgan fingerprint density at radius 3 is 2.00 bits per heavy atom. The van der Waals surface area contributed by atoms with Gasteiger partial charge in [0.05, 0.1) is 0 Å². The number of hydrogen-bond donors (Lipinski definition) is 0. The Balaban J connectivity index is 2.90. The fourth-order valence-corrected chi connectivity index (χ4v) is 0.950. The Kier molecular flexibility index (Phi) is 2.56. The molecule has 1 rings (SSSR count). The average molecular weight is 143 g/mol. The number of hydrogen-bond acceptors (Lipinski definition) is 0. The van der Waals surface area contributed by atoms with Crippen molar-refractivity contribution < 1.29 is 0 Å². The zero-order valence-corrected chi connectivity index (χ0v) is 6.46. The van der Waals surface area contributed by atoms with Crippen molar-refractivity contribution in [2.75, 3.05) is 0 Å². The zero-order valence-electron chi connectivity index (χ0n) is 6.46. The molecule has 0 radical (unpaired) electrons. The summed E-state index contributed by atoms with van der Waals surface area (Å²) in [5.41, 5.74) is 1.16. The minimum Gasteiger partial charge on any atom is -0.155 e. The van der Waals surface area contributed by atoms with Crippen molar-refractivity contribution >= 4 is 0 Å². The highest BCUT2D eigenvalue weighted by Crippen LogP contribution is 2.15. The second-order valence-electron chi connectivity index (χ2n) is 2.23. The minimum atomic E-state index is 1.07. The summed E-state index contributed by atoms with van der Waals surface area (Å²) in [5.74, 6) is 1.07. The fourth-order valence-electron chi connectivity index (χ4n) is 0.950. The molecule has 0 nitrogen and oxygen atoms in total. The van der Waals surface area contributed by atoms with Crippen LogP contribution < -0.4 is 0 Å². The first kappa shape index (κ1) is 7.67. The van der Waals surface area contributed by atoms with Gasteiger partial charge < -0.3 is 0 Å². The van der Waals surface area contributed by atoms with E-state index in [1.165, 1.54) is 0 Å². The Morgan fingerprint density at radius 2 is 1.55 bits per heavy atom. The smallest absolute Gasteiger partial charge is 0.0771 e. The van der Waals surface area contributed by atoms with Crippen LogP contribution in [0.5, 0.6) is 0 Å². The average Bonchev–Trinajstić information content (AvgIpc) is 2.09. The monoisotopic (exact) mass is 143 g/mol. The van der Waals surface area contributed by atoms with Crippen LogP contribution in [-0.2, 0) is 0 Å². The first-order valence-corrected chi connectivity index (χ1v) is 3.55. The minimum absolute atomic E-state index is 1.07.